The number of nitrogens with one attached hydrogen (secondary N) is 1. The van der Waals surface area contributed by atoms with Crippen molar-refractivity contribution in [2.24, 2.45) is 0 Å². The van der Waals surface area contributed by atoms with Crippen molar-refractivity contribution >= 4 is 17.1 Å². The van der Waals surface area contributed by atoms with Gasteiger partial charge in [0.1, 0.15) is 11.4 Å². The van der Waals surface area contributed by atoms with Gasteiger partial charge in [-0.2, -0.15) is 0 Å². The van der Waals surface area contributed by atoms with Crippen LogP contribution in [-0.4, -0.2) is 13.2 Å². The lowest BCUT2D eigenvalue weighted by Crippen LogP contribution is -2.47. The van der Waals surface area contributed by atoms with Crippen LogP contribution in [0.15, 0.2) is 48.5 Å². The highest BCUT2D eigenvalue weighted by molar-refractivity contribution is 5.79. The average molecular weight is 239 g/mol. The first kappa shape index (κ1) is 11.3. The summed E-state index contributed by atoms with van der Waals surface area (Å²) in [5.74, 6) is 0. The maximum Gasteiger partial charge on any atom is 0.168 e. The summed E-state index contributed by atoms with van der Waals surface area (Å²) in [6.07, 6.45) is 0.350. The van der Waals surface area contributed by atoms with Crippen LogP contribution < -0.4 is 9.80 Å². The molecule has 0 fully saturated rings. The lowest BCUT2D eigenvalue weighted by Gasteiger charge is -2.34. The Kier molecular flexibility index (Phi) is 2.42. The van der Waals surface area contributed by atoms with Gasteiger partial charge in [0.2, 0.25) is 0 Å². The molecule has 0 radical (unpaired) electrons. The fourth-order valence-electron chi connectivity index (χ4n) is 2.99. The Hall–Kier alpha value is -1.80. The monoisotopic (exact) mass is 239 g/mol. The van der Waals surface area contributed by atoms with E-state index in [4.69, 9.17) is 0 Å². The third kappa shape index (κ3) is 1.39. The van der Waals surface area contributed by atoms with E-state index in [2.05, 4.69) is 74.7 Å². The highest BCUT2D eigenvalue weighted by Crippen LogP contribution is 2.46. The third-order valence-corrected chi connectivity index (χ3v) is 4.16. The number of aryl methyl sites for hydroxylation is 1. The van der Waals surface area contributed by atoms with Gasteiger partial charge < -0.3 is 5.32 Å². The van der Waals surface area contributed by atoms with Crippen LogP contribution in [0, 0.1) is 6.92 Å². The fraction of sp³-hybridized carbons (Fsp3) is 0.250. The number of para-hydroxylation sites is 3. The van der Waals surface area contributed by atoms with E-state index < -0.39 is 0 Å². The average Bonchev–Trinajstić information content (AvgIpc) is 2.63. The van der Waals surface area contributed by atoms with Gasteiger partial charge in [-0.3, -0.25) is 0 Å². The first-order valence-corrected chi connectivity index (χ1v) is 6.42. The summed E-state index contributed by atoms with van der Waals surface area (Å²) in [5, 5.41) is 3.59. The van der Waals surface area contributed by atoms with Crippen molar-refractivity contribution in [2.75, 3.05) is 12.4 Å². The Morgan fingerprint density at radius 1 is 0.944 bits per heavy atom. The second-order valence-electron chi connectivity index (χ2n) is 5.20. The Morgan fingerprint density at radius 2 is 1.56 bits per heavy atom. The second kappa shape index (κ2) is 3.85. The number of hydrogen-bond donors (Lipinski definition) is 1. The van der Waals surface area contributed by atoms with Crippen LogP contribution in [0.5, 0.6) is 0 Å². The first-order valence-electron chi connectivity index (χ1n) is 6.42. The molecule has 0 bridgehead atoms. The van der Waals surface area contributed by atoms with E-state index in [0.717, 1.165) is 4.48 Å². The topological polar surface area (TPSA) is 12.0 Å². The lowest BCUT2D eigenvalue weighted by molar-refractivity contribution is 0.410. The Bertz CT molecular complexity index is 591. The van der Waals surface area contributed by atoms with Gasteiger partial charge in [0.05, 0.1) is 7.05 Å². The fourth-order valence-corrected chi connectivity index (χ4v) is 2.99. The molecule has 0 spiro atoms. The Balaban J connectivity index is 2.24. The van der Waals surface area contributed by atoms with Gasteiger partial charge in [-0.05, 0) is 19.1 Å². The molecule has 2 nitrogen and oxygen atoms in total. The minimum Gasteiger partial charge on any atom is -0.331 e. The predicted octanol–water partition coefficient (Wildman–Crippen LogP) is 4.04. The molecular weight excluding hydrogens is 220 g/mol. The summed E-state index contributed by atoms with van der Waals surface area (Å²) in [6.45, 7) is 4.43. The number of hydrogen-bond acceptors (Lipinski definition) is 1. The van der Waals surface area contributed by atoms with E-state index in [1.54, 1.807) is 0 Å². The molecule has 1 N–H and O–H groups in total. The van der Waals surface area contributed by atoms with E-state index >= 15 is 0 Å². The summed E-state index contributed by atoms with van der Waals surface area (Å²) in [4.78, 5) is 0. The highest BCUT2D eigenvalue weighted by atomic mass is 15.5. The smallest absolute Gasteiger partial charge is 0.168 e. The van der Waals surface area contributed by atoms with Crippen molar-refractivity contribution < 1.29 is 0 Å². The SMILES string of the molecule is Cc1ccccc1[N+]1(C)c2ccccc2N[C@@H]1C. The second-order valence-corrected chi connectivity index (χ2v) is 5.20. The quantitative estimate of drug-likeness (QED) is 0.741. The largest absolute Gasteiger partial charge is 0.331 e. The van der Waals surface area contributed by atoms with Crippen molar-refractivity contribution in [2.45, 2.75) is 20.0 Å². The van der Waals surface area contributed by atoms with Crippen molar-refractivity contribution in [3.8, 4) is 0 Å². The van der Waals surface area contributed by atoms with Gasteiger partial charge in [-0.1, -0.05) is 30.3 Å². The zero-order valence-corrected chi connectivity index (χ0v) is 11.1. The minimum atomic E-state index is 0.350. The van der Waals surface area contributed by atoms with E-state index in [-0.39, 0.29) is 0 Å². The van der Waals surface area contributed by atoms with E-state index in [0.29, 0.717) is 6.17 Å². The maximum absolute atomic E-state index is 3.59. The molecule has 92 valence electrons. The van der Waals surface area contributed by atoms with Crippen LogP contribution >= 0.6 is 0 Å². The Labute approximate surface area is 108 Å². The molecule has 2 heteroatoms. The zero-order chi connectivity index (χ0) is 12.8. The van der Waals surface area contributed by atoms with Crippen molar-refractivity contribution in [1.82, 2.24) is 4.48 Å². The Morgan fingerprint density at radius 3 is 2.28 bits per heavy atom. The molecule has 2 atom stereocenters. The van der Waals surface area contributed by atoms with Gasteiger partial charge in [0, 0.05) is 18.6 Å². The van der Waals surface area contributed by atoms with E-state index in [1.165, 1.54) is 22.6 Å². The van der Waals surface area contributed by atoms with Gasteiger partial charge in [0.15, 0.2) is 11.9 Å². The molecule has 0 saturated heterocycles. The standard InChI is InChI=1S/C16H19N2/c1-12-8-4-6-10-15(12)18(3)13(2)17-14-9-5-7-11-16(14)18/h4-11,13,17H,1-3H3/q+1/t13-,18?/m0/s1. The van der Waals surface area contributed by atoms with Gasteiger partial charge in [-0.15, -0.1) is 0 Å². The summed E-state index contributed by atoms with van der Waals surface area (Å²) in [5.41, 5.74) is 5.29. The zero-order valence-electron chi connectivity index (χ0n) is 11.1. The van der Waals surface area contributed by atoms with Crippen LogP contribution in [0.25, 0.3) is 0 Å². The summed E-state index contributed by atoms with van der Waals surface area (Å²) >= 11 is 0. The van der Waals surface area contributed by atoms with Crippen LogP contribution in [0.3, 0.4) is 0 Å². The van der Waals surface area contributed by atoms with E-state index in [1.807, 2.05) is 0 Å². The van der Waals surface area contributed by atoms with Gasteiger partial charge in [0.25, 0.3) is 0 Å². The van der Waals surface area contributed by atoms with Crippen LogP contribution in [0.4, 0.5) is 17.1 Å². The molecule has 0 aliphatic carbocycles. The van der Waals surface area contributed by atoms with Gasteiger partial charge in [-0.25, -0.2) is 4.48 Å². The maximum atomic E-state index is 3.59. The molecule has 2 aromatic rings. The summed E-state index contributed by atoms with van der Waals surface area (Å²) in [6, 6.07) is 17.2. The van der Waals surface area contributed by atoms with Crippen molar-refractivity contribution in [1.29, 1.82) is 0 Å². The van der Waals surface area contributed by atoms with E-state index in [9.17, 15) is 0 Å². The number of fused-ring (bicyclic) bond motifs is 1. The normalized spacial score (nSPS) is 25.6. The highest BCUT2D eigenvalue weighted by Gasteiger charge is 2.42. The van der Waals surface area contributed by atoms with Crippen LogP contribution in [0.2, 0.25) is 0 Å². The molecule has 3 rings (SSSR count). The number of benzene rings is 2. The van der Waals surface area contributed by atoms with Crippen molar-refractivity contribution in [3.05, 3.63) is 54.1 Å². The number of anilines is 1. The molecule has 0 amide bonds. The predicted molar refractivity (Wildman–Crippen MR) is 78.1 cm³/mol. The van der Waals surface area contributed by atoms with Crippen LogP contribution in [0.1, 0.15) is 12.5 Å². The van der Waals surface area contributed by atoms with Crippen molar-refractivity contribution in [3.63, 3.8) is 0 Å². The molecule has 0 saturated carbocycles. The summed E-state index contributed by atoms with van der Waals surface area (Å²) in [7, 11) is 2.28. The number of rotatable bonds is 1. The first-order chi connectivity index (χ1) is 8.64. The number of nitrogens with zero attached hydrogens (tertiary/aromatic N) is 1. The van der Waals surface area contributed by atoms with Gasteiger partial charge >= 0.3 is 0 Å². The third-order valence-electron chi connectivity index (χ3n) is 4.16. The molecule has 1 aliphatic rings. The molecular formula is C16H19N2+. The molecule has 0 aromatic heterocycles. The molecule has 1 heterocycles. The van der Waals surface area contributed by atoms with Crippen LogP contribution in [-0.2, 0) is 0 Å². The number of quaternary nitrogens is 1. The molecule has 18 heavy (non-hydrogen) atoms. The molecule has 2 aromatic carbocycles. The molecule has 1 aliphatic heterocycles. The molecule has 1 unspecified atom stereocenters. The summed E-state index contributed by atoms with van der Waals surface area (Å²) < 4.78 is 0.822. The lowest BCUT2D eigenvalue weighted by atomic mass is 10.1. The minimum absolute atomic E-state index is 0.350.